The quantitative estimate of drug-likeness (QED) is 0.694. The van der Waals surface area contributed by atoms with Crippen molar-refractivity contribution < 1.29 is 19.7 Å². The van der Waals surface area contributed by atoms with Crippen LogP contribution in [0.2, 0.25) is 0 Å². The second-order valence-electron chi connectivity index (χ2n) is 9.63. The third-order valence-electron chi connectivity index (χ3n) is 6.30. The van der Waals surface area contributed by atoms with Crippen LogP contribution in [0.4, 0.5) is 4.79 Å². The molecule has 2 fully saturated rings. The molecule has 2 aliphatic rings. The van der Waals surface area contributed by atoms with E-state index in [1.807, 2.05) is 58.0 Å². The summed E-state index contributed by atoms with van der Waals surface area (Å²) in [5, 5.41) is 22.9. The van der Waals surface area contributed by atoms with Gasteiger partial charge in [0.05, 0.1) is 11.2 Å². The van der Waals surface area contributed by atoms with Crippen LogP contribution in [0.15, 0.2) is 30.3 Å². The highest BCUT2D eigenvalue weighted by molar-refractivity contribution is 5.67. The predicted molar refractivity (Wildman–Crippen MR) is 119 cm³/mol. The molecule has 0 radical (unpaired) electrons. The minimum Gasteiger partial charge on any atom is -0.445 e. The summed E-state index contributed by atoms with van der Waals surface area (Å²) >= 11 is 0. The van der Waals surface area contributed by atoms with Crippen LogP contribution in [0.25, 0.3) is 0 Å². The third kappa shape index (κ3) is 8.25. The summed E-state index contributed by atoms with van der Waals surface area (Å²) in [6.45, 7) is 11.2. The van der Waals surface area contributed by atoms with Gasteiger partial charge in [-0.05, 0) is 83.9 Å². The smallest absolute Gasteiger partial charge is 0.410 e. The van der Waals surface area contributed by atoms with Crippen molar-refractivity contribution >= 4 is 6.09 Å². The number of aliphatic hydroxyl groups is 2. The number of rotatable bonds is 4. The summed E-state index contributed by atoms with van der Waals surface area (Å²) in [6, 6.07) is 9.67. The number of nitrogens with one attached hydrogen (secondary N) is 1. The van der Waals surface area contributed by atoms with Crippen LogP contribution in [-0.4, -0.2) is 58.6 Å². The fourth-order valence-electron chi connectivity index (χ4n) is 4.11. The number of carbonyl (C=O) groups excluding carboxylic acids is 1. The largest absolute Gasteiger partial charge is 0.445 e. The van der Waals surface area contributed by atoms with Gasteiger partial charge >= 0.3 is 6.09 Å². The molecule has 0 spiro atoms. The van der Waals surface area contributed by atoms with Gasteiger partial charge in [-0.25, -0.2) is 4.79 Å². The van der Waals surface area contributed by atoms with Crippen LogP contribution in [-0.2, 0) is 11.3 Å². The molecule has 2 heterocycles. The number of benzene rings is 1. The highest BCUT2D eigenvalue weighted by Crippen LogP contribution is 2.28. The first kappa shape index (κ1) is 24.6. The standard InChI is InChI=1S/C16H23NO3.C8H17NO/c1-16(2,19)14-8-10-17(11-9-14)15(18)20-12-13-6-4-3-5-7-13;1-8(2,10)7-3-5-9-6-4-7/h3-7,14,19H,8-12H2,1-2H3;7,9-10H,3-6H2,1-2H3. The molecular weight excluding hydrogens is 380 g/mol. The highest BCUT2D eigenvalue weighted by Gasteiger charge is 2.32. The SMILES string of the molecule is CC(C)(O)C1CCN(C(=O)OCc2ccccc2)CC1.CC(C)(O)C1CCNCC1. The van der Waals surface area contributed by atoms with Gasteiger partial charge < -0.3 is 25.2 Å². The minimum atomic E-state index is -0.667. The van der Waals surface area contributed by atoms with Crippen molar-refractivity contribution in [2.45, 2.75) is 71.2 Å². The van der Waals surface area contributed by atoms with E-state index in [0.717, 1.165) is 44.3 Å². The molecule has 0 aromatic heterocycles. The number of hydrogen-bond donors (Lipinski definition) is 3. The van der Waals surface area contributed by atoms with Crippen molar-refractivity contribution in [3.8, 4) is 0 Å². The zero-order chi connectivity index (χ0) is 22.2. The van der Waals surface area contributed by atoms with Gasteiger partial charge in [-0.15, -0.1) is 0 Å². The molecule has 0 saturated carbocycles. The molecule has 3 rings (SSSR count). The van der Waals surface area contributed by atoms with Gasteiger partial charge in [-0.1, -0.05) is 30.3 Å². The Bertz CT molecular complexity index is 623. The van der Waals surface area contributed by atoms with Crippen LogP contribution in [0.3, 0.4) is 0 Å². The van der Waals surface area contributed by atoms with Crippen LogP contribution in [0.5, 0.6) is 0 Å². The topological polar surface area (TPSA) is 82.0 Å². The van der Waals surface area contributed by atoms with Crippen molar-refractivity contribution in [3.05, 3.63) is 35.9 Å². The van der Waals surface area contributed by atoms with Crippen LogP contribution in [0.1, 0.15) is 58.9 Å². The number of amides is 1. The van der Waals surface area contributed by atoms with Gasteiger partial charge in [0.2, 0.25) is 0 Å². The summed E-state index contributed by atoms with van der Waals surface area (Å²) in [6.07, 6.45) is 3.61. The molecule has 0 bridgehead atoms. The predicted octanol–water partition coefficient (Wildman–Crippen LogP) is 3.56. The van der Waals surface area contributed by atoms with Gasteiger partial charge in [0.1, 0.15) is 6.61 Å². The zero-order valence-electron chi connectivity index (χ0n) is 19.1. The van der Waals surface area contributed by atoms with Crippen molar-refractivity contribution in [3.63, 3.8) is 0 Å². The van der Waals surface area contributed by atoms with Crippen molar-refractivity contribution in [1.29, 1.82) is 0 Å². The molecule has 0 aliphatic carbocycles. The Morgan fingerprint density at radius 2 is 1.47 bits per heavy atom. The molecule has 3 N–H and O–H groups in total. The highest BCUT2D eigenvalue weighted by atomic mass is 16.6. The molecule has 0 atom stereocenters. The van der Waals surface area contributed by atoms with Gasteiger partial charge in [-0.2, -0.15) is 0 Å². The number of likely N-dealkylation sites (tertiary alicyclic amines) is 1. The van der Waals surface area contributed by atoms with E-state index in [9.17, 15) is 15.0 Å². The van der Waals surface area contributed by atoms with E-state index in [2.05, 4.69) is 5.32 Å². The van der Waals surface area contributed by atoms with Crippen molar-refractivity contribution in [2.24, 2.45) is 11.8 Å². The van der Waals surface area contributed by atoms with Gasteiger partial charge in [0.15, 0.2) is 0 Å². The van der Waals surface area contributed by atoms with Crippen molar-refractivity contribution in [1.82, 2.24) is 10.2 Å². The Kier molecular flexibility index (Phi) is 9.13. The molecule has 1 amide bonds. The van der Waals surface area contributed by atoms with E-state index in [-0.39, 0.29) is 12.0 Å². The molecule has 1 aromatic rings. The molecule has 2 saturated heterocycles. The maximum Gasteiger partial charge on any atom is 0.410 e. The van der Waals surface area contributed by atoms with E-state index in [4.69, 9.17) is 4.74 Å². The normalized spacial score (nSPS) is 19.1. The number of nitrogens with zero attached hydrogens (tertiary/aromatic N) is 1. The second-order valence-corrected chi connectivity index (χ2v) is 9.63. The van der Waals surface area contributed by atoms with E-state index in [1.54, 1.807) is 4.90 Å². The van der Waals surface area contributed by atoms with Gasteiger partial charge in [0.25, 0.3) is 0 Å². The first-order valence-electron chi connectivity index (χ1n) is 11.2. The average molecular weight is 421 g/mol. The lowest BCUT2D eigenvalue weighted by atomic mass is 9.83. The Balaban J connectivity index is 0.000000269. The average Bonchev–Trinajstić information content (AvgIpc) is 2.73. The lowest BCUT2D eigenvalue weighted by molar-refractivity contribution is -0.0134. The number of piperidine rings is 2. The number of carbonyl (C=O) groups is 1. The fraction of sp³-hybridized carbons (Fsp3) is 0.708. The molecule has 6 nitrogen and oxygen atoms in total. The maximum atomic E-state index is 12.0. The Hall–Kier alpha value is -1.63. The van der Waals surface area contributed by atoms with E-state index in [0.29, 0.717) is 25.6 Å². The number of ether oxygens (including phenoxy) is 1. The number of hydrogen-bond acceptors (Lipinski definition) is 5. The van der Waals surface area contributed by atoms with Gasteiger partial charge in [-0.3, -0.25) is 0 Å². The van der Waals surface area contributed by atoms with Crippen molar-refractivity contribution in [2.75, 3.05) is 26.2 Å². The van der Waals surface area contributed by atoms with E-state index < -0.39 is 11.2 Å². The van der Waals surface area contributed by atoms with E-state index in [1.165, 1.54) is 0 Å². The lowest BCUT2D eigenvalue weighted by Gasteiger charge is -2.37. The monoisotopic (exact) mass is 420 g/mol. The zero-order valence-corrected chi connectivity index (χ0v) is 19.1. The molecule has 0 unspecified atom stereocenters. The second kappa shape index (κ2) is 11.1. The summed E-state index contributed by atoms with van der Waals surface area (Å²) in [7, 11) is 0. The Labute approximate surface area is 181 Å². The summed E-state index contributed by atoms with van der Waals surface area (Å²) < 4.78 is 5.31. The molecule has 170 valence electrons. The summed E-state index contributed by atoms with van der Waals surface area (Å²) in [5.74, 6) is 0.745. The van der Waals surface area contributed by atoms with Gasteiger partial charge in [0, 0.05) is 13.1 Å². The summed E-state index contributed by atoms with van der Waals surface area (Å²) in [5.41, 5.74) is -0.144. The Morgan fingerprint density at radius 1 is 0.967 bits per heavy atom. The van der Waals surface area contributed by atoms with Crippen LogP contribution < -0.4 is 5.32 Å². The third-order valence-corrected chi connectivity index (χ3v) is 6.30. The molecular formula is C24H40N2O4. The van der Waals surface area contributed by atoms with Crippen LogP contribution in [0, 0.1) is 11.8 Å². The minimum absolute atomic E-state index is 0.251. The molecule has 6 heteroatoms. The van der Waals surface area contributed by atoms with E-state index >= 15 is 0 Å². The summed E-state index contributed by atoms with van der Waals surface area (Å²) in [4.78, 5) is 13.7. The first-order valence-corrected chi connectivity index (χ1v) is 11.2. The lowest BCUT2D eigenvalue weighted by Crippen LogP contribution is -2.44. The molecule has 2 aliphatic heterocycles. The molecule has 30 heavy (non-hydrogen) atoms. The fourth-order valence-corrected chi connectivity index (χ4v) is 4.11. The van der Waals surface area contributed by atoms with Crippen LogP contribution >= 0.6 is 0 Å². The molecule has 1 aromatic carbocycles. The Morgan fingerprint density at radius 3 is 1.93 bits per heavy atom. The first-order chi connectivity index (χ1) is 14.1. The maximum absolute atomic E-state index is 12.0.